The number of anilines is 1. The van der Waals surface area contributed by atoms with Crippen LogP contribution in [0.25, 0.3) is 0 Å². The van der Waals surface area contributed by atoms with E-state index in [9.17, 15) is 4.79 Å². The Labute approximate surface area is 121 Å². The monoisotopic (exact) mass is 289 g/mol. The Balaban J connectivity index is 1.61. The van der Waals surface area contributed by atoms with Gasteiger partial charge in [0.1, 0.15) is 11.9 Å². The van der Waals surface area contributed by atoms with Gasteiger partial charge in [0.05, 0.1) is 18.8 Å². The number of hydrogen-bond donors (Lipinski definition) is 1. The molecule has 2 aromatic heterocycles. The molecule has 0 aromatic carbocycles. The molecule has 3 heterocycles. The first-order chi connectivity index (χ1) is 10.2. The van der Waals surface area contributed by atoms with Gasteiger partial charge in [-0.05, 0) is 13.0 Å². The van der Waals surface area contributed by atoms with Crippen LogP contribution >= 0.6 is 0 Å². The highest BCUT2D eigenvalue weighted by atomic mass is 16.5. The van der Waals surface area contributed by atoms with Crippen molar-refractivity contribution in [2.75, 3.05) is 18.5 Å². The van der Waals surface area contributed by atoms with E-state index in [4.69, 9.17) is 14.0 Å². The number of nitrogens with one attached hydrogen (secondary N) is 1. The van der Waals surface area contributed by atoms with Gasteiger partial charge in [0.25, 0.3) is 5.91 Å². The van der Waals surface area contributed by atoms with Crippen molar-refractivity contribution >= 4 is 11.7 Å². The Bertz CT molecular complexity index is 617. The van der Waals surface area contributed by atoms with Crippen LogP contribution in [0.4, 0.5) is 5.82 Å². The van der Waals surface area contributed by atoms with E-state index in [0.29, 0.717) is 36.2 Å². The maximum absolute atomic E-state index is 12.0. The summed E-state index contributed by atoms with van der Waals surface area (Å²) in [6.45, 7) is 3.04. The maximum atomic E-state index is 12.0. The van der Waals surface area contributed by atoms with Crippen LogP contribution in [-0.4, -0.2) is 35.4 Å². The van der Waals surface area contributed by atoms with E-state index in [1.54, 1.807) is 25.1 Å². The number of hydrogen-bond acceptors (Lipinski definition) is 6. The van der Waals surface area contributed by atoms with Crippen LogP contribution in [0.15, 0.2) is 28.9 Å². The van der Waals surface area contributed by atoms with Crippen molar-refractivity contribution < 1.29 is 18.8 Å². The zero-order valence-electron chi connectivity index (χ0n) is 11.5. The fourth-order valence-electron chi connectivity index (χ4n) is 1.97. The summed E-state index contributed by atoms with van der Waals surface area (Å²) >= 11 is 0. The zero-order chi connectivity index (χ0) is 14.7. The SMILES string of the molecule is Cc1cc(NC(=O)c2ccc(OC3CCOC3)nc2)no1. The summed E-state index contributed by atoms with van der Waals surface area (Å²) < 4.78 is 15.7. The molecular formula is C14H15N3O4. The molecule has 7 heteroatoms. The molecule has 7 nitrogen and oxygen atoms in total. The van der Waals surface area contributed by atoms with Crippen molar-refractivity contribution in [1.82, 2.24) is 10.1 Å². The Hall–Kier alpha value is -2.41. The molecule has 0 aliphatic carbocycles. The van der Waals surface area contributed by atoms with Crippen LogP contribution in [-0.2, 0) is 4.74 Å². The molecular weight excluding hydrogens is 274 g/mol. The molecule has 1 N–H and O–H groups in total. The van der Waals surface area contributed by atoms with Gasteiger partial charge in [-0.25, -0.2) is 4.98 Å². The number of carbonyl (C=O) groups is 1. The Morgan fingerprint density at radius 2 is 2.38 bits per heavy atom. The molecule has 0 bridgehead atoms. The fourth-order valence-corrected chi connectivity index (χ4v) is 1.97. The first kappa shape index (κ1) is 13.6. The second-order valence-electron chi connectivity index (χ2n) is 4.77. The molecule has 21 heavy (non-hydrogen) atoms. The van der Waals surface area contributed by atoms with E-state index in [0.717, 1.165) is 6.42 Å². The van der Waals surface area contributed by atoms with Gasteiger partial charge < -0.3 is 19.3 Å². The molecule has 0 saturated carbocycles. The third kappa shape index (κ3) is 3.38. The van der Waals surface area contributed by atoms with E-state index in [1.807, 2.05) is 0 Å². The van der Waals surface area contributed by atoms with Gasteiger partial charge in [-0.15, -0.1) is 0 Å². The number of carbonyl (C=O) groups excluding carboxylic acids is 1. The summed E-state index contributed by atoms with van der Waals surface area (Å²) in [6.07, 6.45) is 2.36. The fraction of sp³-hybridized carbons (Fsp3) is 0.357. The minimum Gasteiger partial charge on any atom is -0.472 e. The molecule has 1 aliphatic rings. The molecule has 1 aliphatic heterocycles. The summed E-state index contributed by atoms with van der Waals surface area (Å²) in [7, 11) is 0. The van der Waals surface area contributed by atoms with Gasteiger partial charge >= 0.3 is 0 Å². The lowest BCUT2D eigenvalue weighted by atomic mass is 10.2. The average molecular weight is 289 g/mol. The van der Waals surface area contributed by atoms with Crippen LogP contribution in [0, 0.1) is 6.92 Å². The summed E-state index contributed by atoms with van der Waals surface area (Å²) in [5.41, 5.74) is 0.422. The highest BCUT2D eigenvalue weighted by molar-refractivity contribution is 6.03. The molecule has 3 rings (SSSR count). The number of aryl methyl sites for hydroxylation is 1. The highest BCUT2D eigenvalue weighted by Gasteiger charge is 2.18. The van der Waals surface area contributed by atoms with Crippen molar-refractivity contribution in [3.8, 4) is 5.88 Å². The summed E-state index contributed by atoms with van der Waals surface area (Å²) in [5, 5.41) is 6.33. The molecule has 2 aromatic rings. The minimum atomic E-state index is -0.299. The topological polar surface area (TPSA) is 86.5 Å². The Kier molecular flexibility index (Phi) is 3.83. The number of pyridine rings is 1. The second-order valence-corrected chi connectivity index (χ2v) is 4.77. The van der Waals surface area contributed by atoms with Crippen molar-refractivity contribution in [3.05, 3.63) is 35.7 Å². The first-order valence-corrected chi connectivity index (χ1v) is 6.66. The Morgan fingerprint density at radius 3 is 3.00 bits per heavy atom. The lowest BCUT2D eigenvalue weighted by Crippen LogP contribution is -2.17. The number of aromatic nitrogens is 2. The van der Waals surface area contributed by atoms with Crippen molar-refractivity contribution in [1.29, 1.82) is 0 Å². The standard InChI is InChI=1S/C14H15N3O4/c1-9-6-12(17-21-9)16-14(18)10-2-3-13(15-7-10)20-11-4-5-19-8-11/h2-3,6-7,11H,4-5,8H2,1H3,(H,16,17,18). The van der Waals surface area contributed by atoms with Gasteiger partial charge in [0.15, 0.2) is 5.82 Å². The Morgan fingerprint density at radius 1 is 1.48 bits per heavy atom. The summed E-state index contributed by atoms with van der Waals surface area (Å²) in [4.78, 5) is 16.1. The molecule has 0 spiro atoms. The molecule has 1 fully saturated rings. The minimum absolute atomic E-state index is 0.0373. The smallest absolute Gasteiger partial charge is 0.258 e. The predicted molar refractivity (Wildman–Crippen MR) is 73.3 cm³/mol. The quantitative estimate of drug-likeness (QED) is 0.923. The zero-order valence-corrected chi connectivity index (χ0v) is 11.5. The van der Waals surface area contributed by atoms with Crippen molar-refractivity contribution in [2.45, 2.75) is 19.4 Å². The molecule has 110 valence electrons. The molecule has 1 amide bonds. The van der Waals surface area contributed by atoms with Gasteiger partial charge in [0.2, 0.25) is 5.88 Å². The van der Waals surface area contributed by atoms with E-state index in [1.165, 1.54) is 6.20 Å². The van der Waals surface area contributed by atoms with Gasteiger partial charge in [-0.2, -0.15) is 0 Å². The van der Waals surface area contributed by atoms with Crippen molar-refractivity contribution in [2.24, 2.45) is 0 Å². The van der Waals surface area contributed by atoms with Crippen LogP contribution < -0.4 is 10.1 Å². The molecule has 1 atom stereocenters. The van der Waals surface area contributed by atoms with Crippen molar-refractivity contribution in [3.63, 3.8) is 0 Å². The molecule has 1 unspecified atom stereocenters. The number of rotatable bonds is 4. The van der Waals surface area contributed by atoms with E-state index in [-0.39, 0.29) is 12.0 Å². The third-order valence-corrected chi connectivity index (χ3v) is 3.04. The lowest BCUT2D eigenvalue weighted by Gasteiger charge is -2.10. The van der Waals surface area contributed by atoms with Gasteiger partial charge in [-0.3, -0.25) is 4.79 Å². The van der Waals surface area contributed by atoms with Gasteiger partial charge in [0, 0.05) is 24.8 Å². The van der Waals surface area contributed by atoms with Crippen LogP contribution in [0.1, 0.15) is 22.5 Å². The number of amides is 1. The van der Waals surface area contributed by atoms with Crippen LogP contribution in [0.2, 0.25) is 0 Å². The van der Waals surface area contributed by atoms with Crippen LogP contribution in [0.5, 0.6) is 5.88 Å². The second kappa shape index (κ2) is 5.92. The van der Waals surface area contributed by atoms with E-state index < -0.39 is 0 Å². The average Bonchev–Trinajstić information content (AvgIpc) is 3.12. The summed E-state index contributed by atoms with van der Waals surface area (Å²) in [6, 6.07) is 4.96. The van der Waals surface area contributed by atoms with Crippen LogP contribution in [0.3, 0.4) is 0 Å². The van der Waals surface area contributed by atoms with Gasteiger partial charge in [-0.1, -0.05) is 5.16 Å². The first-order valence-electron chi connectivity index (χ1n) is 6.66. The normalized spacial score (nSPS) is 17.7. The highest BCUT2D eigenvalue weighted by Crippen LogP contribution is 2.15. The lowest BCUT2D eigenvalue weighted by molar-refractivity contribution is 0.102. The molecule has 0 radical (unpaired) electrons. The molecule has 1 saturated heterocycles. The third-order valence-electron chi connectivity index (χ3n) is 3.04. The van der Waals surface area contributed by atoms with E-state index >= 15 is 0 Å². The van der Waals surface area contributed by atoms with E-state index in [2.05, 4.69) is 15.5 Å². The summed E-state index contributed by atoms with van der Waals surface area (Å²) in [5.74, 6) is 1.19. The predicted octanol–water partition coefficient (Wildman–Crippen LogP) is 1.80. The largest absolute Gasteiger partial charge is 0.472 e. The number of nitrogens with zero attached hydrogens (tertiary/aromatic N) is 2. The number of ether oxygens (including phenoxy) is 2. The maximum Gasteiger partial charge on any atom is 0.258 e.